The zero-order chi connectivity index (χ0) is 16.3. The summed E-state index contributed by atoms with van der Waals surface area (Å²) < 4.78 is 0. The molecule has 2 fully saturated rings. The Balaban J connectivity index is 0.00000208. The third-order valence-electron chi connectivity index (χ3n) is 5.16. The summed E-state index contributed by atoms with van der Waals surface area (Å²) in [6.07, 6.45) is 3.09. The summed E-state index contributed by atoms with van der Waals surface area (Å²) >= 11 is 0. The summed E-state index contributed by atoms with van der Waals surface area (Å²) in [4.78, 5) is 14.9. The van der Waals surface area contributed by atoms with Gasteiger partial charge < -0.3 is 20.6 Å². The Morgan fingerprint density at radius 2 is 2.00 bits per heavy atom. The highest BCUT2D eigenvalue weighted by Gasteiger charge is 2.33. The molecule has 0 aromatic heterocycles. The maximum Gasteiger partial charge on any atom is 0.227 e. The first-order valence-corrected chi connectivity index (χ1v) is 8.57. The van der Waals surface area contributed by atoms with Gasteiger partial charge in [0.25, 0.3) is 0 Å². The first kappa shape index (κ1) is 19.0. The van der Waals surface area contributed by atoms with E-state index in [1.54, 1.807) is 24.3 Å². The van der Waals surface area contributed by atoms with E-state index in [0.717, 1.165) is 51.3 Å². The first-order valence-electron chi connectivity index (χ1n) is 8.57. The van der Waals surface area contributed by atoms with Crippen LogP contribution in [0.4, 0.5) is 5.69 Å². The second-order valence-electron chi connectivity index (χ2n) is 7.32. The van der Waals surface area contributed by atoms with Crippen molar-refractivity contribution in [2.45, 2.75) is 26.2 Å². The lowest BCUT2D eigenvalue weighted by Gasteiger charge is -2.36. The van der Waals surface area contributed by atoms with E-state index in [4.69, 9.17) is 0 Å². The number of halogens is 1. The molecule has 0 saturated carbocycles. The number of carbonyl (C=O) groups is 1. The number of carbonyl (C=O) groups excluding carboxylic acids is 1. The van der Waals surface area contributed by atoms with Gasteiger partial charge in [0, 0.05) is 24.7 Å². The van der Waals surface area contributed by atoms with E-state index in [1.807, 2.05) is 0 Å². The molecular weight excluding hydrogens is 326 g/mol. The normalized spacial score (nSPS) is 25.2. The molecule has 0 spiro atoms. The second kappa shape index (κ2) is 8.19. The van der Waals surface area contributed by atoms with Crippen LogP contribution in [0.25, 0.3) is 0 Å². The van der Waals surface area contributed by atoms with Crippen molar-refractivity contribution in [3.05, 3.63) is 24.3 Å². The number of phenolic OH excluding ortho intramolecular Hbond substituents is 1. The third-order valence-corrected chi connectivity index (χ3v) is 5.16. The number of piperidine rings is 1. The van der Waals surface area contributed by atoms with Crippen LogP contribution in [0.2, 0.25) is 0 Å². The minimum Gasteiger partial charge on any atom is -0.508 e. The molecule has 6 heteroatoms. The number of anilines is 1. The van der Waals surface area contributed by atoms with E-state index in [0.29, 0.717) is 5.41 Å². The van der Waals surface area contributed by atoms with Crippen molar-refractivity contribution in [1.82, 2.24) is 10.2 Å². The molecule has 1 unspecified atom stereocenters. The van der Waals surface area contributed by atoms with Crippen LogP contribution in [0.3, 0.4) is 0 Å². The van der Waals surface area contributed by atoms with E-state index in [-0.39, 0.29) is 30.0 Å². The number of nitrogens with one attached hydrogen (secondary N) is 2. The van der Waals surface area contributed by atoms with E-state index in [9.17, 15) is 9.90 Å². The predicted molar refractivity (Wildman–Crippen MR) is 98.7 cm³/mol. The fourth-order valence-corrected chi connectivity index (χ4v) is 3.69. The summed E-state index contributed by atoms with van der Waals surface area (Å²) in [5.74, 6) is 0.407. The maximum atomic E-state index is 12.4. The van der Waals surface area contributed by atoms with Crippen LogP contribution in [-0.4, -0.2) is 48.6 Å². The van der Waals surface area contributed by atoms with E-state index in [1.165, 1.54) is 6.42 Å². The summed E-state index contributed by atoms with van der Waals surface area (Å²) in [7, 11) is 0. The summed E-state index contributed by atoms with van der Waals surface area (Å²) in [5, 5.41) is 15.7. The number of rotatable bonds is 4. The number of amides is 1. The second-order valence-corrected chi connectivity index (χ2v) is 7.32. The van der Waals surface area contributed by atoms with Gasteiger partial charge >= 0.3 is 0 Å². The van der Waals surface area contributed by atoms with Gasteiger partial charge in [0.05, 0.1) is 0 Å². The van der Waals surface area contributed by atoms with Gasteiger partial charge in [0.15, 0.2) is 0 Å². The number of aromatic hydroxyl groups is 1. The summed E-state index contributed by atoms with van der Waals surface area (Å²) in [5.41, 5.74) is 1.14. The lowest BCUT2D eigenvalue weighted by molar-refractivity contribution is -0.121. The molecule has 24 heavy (non-hydrogen) atoms. The molecule has 3 rings (SSSR count). The van der Waals surface area contributed by atoms with Crippen molar-refractivity contribution < 1.29 is 9.90 Å². The molecule has 1 aromatic carbocycles. The molecular formula is C18H28ClN3O2. The molecule has 2 aliphatic heterocycles. The average molecular weight is 354 g/mol. The highest BCUT2D eigenvalue weighted by Crippen LogP contribution is 2.28. The van der Waals surface area contributed by atoms with Crippen molar-refractivity contribution in [2.24, 2.45) is 11.3 Å². The van der Waals surface area contributed by atoms with Crippen LogP contribution in [-0.2, 0) is 4.79 Å². The number of hydrogen-bond donors (Lipinski definition) is 3. The van der Waals surface area contributed by atoms with Gasteiger partial charge in [-0.1, -0.05) is 6.92 Å². The van der Waals surface area contributed by atoms with E-state index in [2.05, 4.69) is 22.5 Å². The number of likely N-dealkylation sites (tertiary alicyclic amines) is 1. The van der Waals surface area contributed by atoms with Crippen LogP contribution in [0.5, 0.6) is 5.75 Å². The van der Waals surface area contributed by atoms with Crippen molar-refractivity contribution in [3.63, 3.8) is 0 Å². The molecule has 1 amide bonds. The van der Waals surface area contributed by atoms with Gasteiger partial charge in [-0.05, 0) is 68.6 Å². The fraction of sp³-hybridized carbons (Fsp3) is 0.611. The largest absolute Gasteiger partial charge is 0.508 e. The molecule has 2 saturated heterocycles. The molecule has 0 aliphatic carbocycles. The van der Waals surface area contributed by atoms with E-state index < -0.39 is 0 Å². The first-order chi connectivity index (χ1) is 11.0. The Morgan fingerprint density at radius 1 is 1.33 bits per heavy atom. The Labute approximate surface area is 150 Å². The number of benzene rings is 1. The summed E-state index contributed by atoms with van der Waals surface area (Å²) in [6, 6.07) is 6.65. The lowest BCUT2D eigenvalue weighted by Crippen LogP contribution is -2.43. The van der Waals surface area contributed by atoms with Gasteiger partial charge in [-0.3, -0.25) is 4.79 Å². The Bertz CT molecular complexity index is 536. The molecule has 134 valence electrons. The zero-order valence-electron chi connectivity index (χ0n) is 14.3. The number of nitrogens with zero attached hydrogens (tertiary/aromatic N) is 1. The molecule has 3 N–H and O–H groups in total. The molecule has 1 atom stereocenters. The number of hydrogen-bond acceptors (Lipinski definition) is 4. The standard InChI is InChI=1S/C18H27N3O2.ClH/c1-18(8-9-19-12-18)13-21-10-6-14(7-11-21)17(23)20-15-2-4-16(22)5-3-15;/h2-5,14,19,22H,6-13H2,1H3,(H,20,23);1H. The monoisotopic (exact) mass is 353 g/mol. The van der Waals surface area contributed by atoms with Crippen LogP contribution in [0.1, 0.15) is 26.2 Å². The highest BCUT2D eigenvalue weighted by atomic mass is 35.5. The minimum absolute atomic E-state index is 0. The molecule has 5 nitrogen and oxygen atoms in total. The third kappa shape index (κ3) is 4.85. The van der Waals surface area contributed by atoms with Crippen LogP contribution >= 0.6 is 12.4 Å². The SMILES string of the molecule is CC1(CN2CCC(C(=O)Nc3ccc(O)cc3)CC2)CCNC1.Cl. The van der Waals surface area contributed by atoms with Crippen molar-refractivity contribution in [1.29, 1.82) is 0 Å². The average Bonchev–Trinajstić information content (AvgIpc) is 2.96. The van der Waals surface area contributed by atoms with Gasteiger partial charge in [0.1, 0.15) is 5.75 Å². The van der Waals surface area contributed by atoms with Gasteiger partial charge in [0.2, 0.25) is 5.91 Å². The number of phenols is 1. The topological polar surface area (TPSA) is 64.6 Å². The molecule has 0 bridgehead atoms. The maximum absolute atomic E-state index is 12.4. The van der Waals surface area contributed by atoms with Crippen LogP contribution < -0.4 is 10.6 Å². The van der Waals surface area contributed by atoms with E-state index >= 15 is 0 Å². The smallest absolute Gasteiger partial charge is 0.227 e. The lowest BCUT2D eigenvalue weighted by atomic mass is 9.87. The molecule has 2 heterocycles. The molecule has 0 radical (unpaired) electrons. The fourth-order valence-electron chi connectivity index (χ4n) is 3.69. The predicted octanol–water partition coefficient (Wildman–Crippen LogP) is 2.46. The van der Waals surface area contributed by atoms with Crippen LogP contribution in [0.15, 0.2) is 24.3 Å². The van der Waals surface area contributed by atoms with Crippen molar-refractivity contribution >= 4 is 24.0 Å². The Kier molecular flexibility index (Phi) is 6.49. The Hall–Kier alpha value is -1.30. The molecule has 1 aromatic rings. The zero-order valence-corrected chi connectivity index (χ0v) is 15.1. The van der Waals surface area contributed by atoms with Gasteiger partial charge in [-0.2, -0.15) is 0 Å². The quantitative estimate of drug-likeness (QED) is 0.727. The minimum atomic E-state index is 0. The van der Waals surface area contributed by atoms with Crippen LogP contribution in [0, 0.1) is 11.3 Å². The van der Waals surface area contributed by atoms with Gasteiger partial charge in [-0.25, -0.2) is 0 Å². The Morgan fingerprint density at radius 3 is 2.58 bits per heavy atom. The van der Waals surface area contributed by atoms with Gasteiger partial charge in [-0.15, -0.1) is 12.4 Å². The van der Waals surface area contributed by atoms with Crippen molar-refractivity contribution in [2.75, 3.05) is 38.0 Å². The molecule has 2 aliphatic rings. The van der Waals surface area contributed by atoms with Crippen molar-refractivity contribution in [3.8, 4) is 5.75 Å². The summed E-state index contributed by atoms with van der Waals surface area (Å²) in [6.45, 7) is 7.73. The highest BCUT2D eigenvalue weighted by molar-refractivity contribution is 5.92.